The highest BCUT2D eigenvalue weighted by molar-refractivity contribution is 5.63. The minimum absolute atomic E-state index is 0.531. The summed E-state index contributed by atoms with van der Waals surface area (Å²) in [6, 6.07) is 9.18. The third-order valence-electron chi connectivity index (χ3n) is 5.56. The average molecular weight is 256 g/mol. The number of nitrogens with one attached hydrogen (secondary N) is 1. The molecule has 1 aromatic carbocycles. The molecule has 2 nitrogen and oxygen atoms in total. The van der Waals surface area contributed by atoms with Crippen LogP contribution in [0.4, 0.5) is 5.69 Å². The van der Waals surface area contributed by atoms with Crippen LogP contribution >= 0.6 is 0 Å². The number of benzene rings is 1. The SMILES string of the molecule is c1ccc2c(c1)N(CC1CCNCC1)CC21CCC1. The molecule has 1 spiro atoms. The Hall–Kier alpha value is -1.02. The lowest BCUT2D eigenvalue weighted by Gasteiger charge is -2.39. The van der Waals surface area contributed by atoms with Crippen LogP contribution in [0, 0.1) is 5.92 Å². The van der Waals surface area contributed by atoms with E-state index in [9.17, 15) is 0 Å². The lowest BCUT2D eigenvalue weighted by atomic mass is 9.66. The molecule has 1 N–H and O–H groups in total. The number of hydrogen-bond acceptors (Lipinski definition) is 2. The summed E-state index contributed by atoms with van der Waals surface area (Å²) in [5.41, 5.74) is 3.72. The predicted molar refractivity (Wildman–Crippen MR) is 79.8 cm³/mol. The van der Waals surface area contributed by atoms with E-state index in [0.29, 0.717) is 5.41 Å². The Kier molecular flexibility index (Phi) is 2.80. The number of para-hydroxylation sites is 1. The second-order valence-electron chi connectivity index (χ2n) is 6.72. The molecule has 102 valence electrons. The van der Waals surface area contributed by atoms with Gasteiger partial charge in [-0.2, -0.15) is 0 Å². The maximum absolute atomic E-state index is 3.48. The first-order chi connectivity index (χ1) is 9.37. The fourth-order valence-electron chi connectivity index (χ4n) is 4.30. The third-order valence-corrected chi connectivity index (χ3v) is 5.56. The van der Waals surface area contributed by atoms with Crippen LogP contribution in [-0.4, -0.2) is 26.2 Å². The van der Waals surface area contributed by atoms with Gasteiger partial charge >= 0.3 is 0 Å². The largest absolute Gasteiger partial charge is 0.370 e. The van der Waals surface area contributed by atoms with Gasteiger partial charge in [-0.25, -0.2) is 0 Å². The Morgan fingerprint density at radius 2 is 1.95 bits per heavy atom. The summed E-state index contributed by atoms with van der Waals surface area (Å²) < 4.78 is 0. The Morgan fingerprint density at radius 1 is 1.16 bits per heavy atom. The quantitative estimate of drug-likeness (QED) is 0.875. The summed E-state index contributed by atoms with van der Waals surface area (Å²) in [5, 5.41) is 3.48. The molecule has 0 amide bonds. The first kappa shape index (κ1) is 11.8. The van der Waals surface area contributed by atoms with E-state index >= 15 is 0 Å². The van der Waals surface area contributed by atoms with Crippen LogP contribution in [-0.2, 0) is 5.41 Å². The molecule has 1 aliphatic carbocycles. The molecule has 2 heteroatoms. The molecule has 2 heterocycles. The molecule has 0 radical (unpaired) electrons. The molecule has 3 aliphatic rings. The molecule has 0 bridgehead atoms. The summed E-state index contributed by atoms with van der Waals surface area (Å²) >= 11 is 0. The fourth-order valence-corrected chi connectivity index (χ4v) is 4.30. The highest BCUT2D eigenvalue weighted by atomic mass is 15.2. The van der Waals surface area contributed by atoms with E-state index in [1.807, 2.05) is 0 Å². The smallest absolute Gasteiger partial charge is 0.0405 e. The lowest BCUT2D eigenvalue weighted by molar-refractivity contribution is 0.258. The minimum Gasteiger partial charge on any atom is -0.370 e. The van der Waals surface area contributed by atoms with Crippen LogP contribution in [0.3, 0.4) is 0 Å². The molecule has 1 aromatic rings. The molecule has 1 saturated carbocycles. The number of hydrogen-bond donors (Lipinski definition) is 1. The number of fused-ring (bicyclic) bond motifs is 2. The van der Waals surface area contributed by atoms with Crippen LogP contribution in [0.5, 0.6) is 0 Å². The Labute approximate surface area is 116 Å². The van der Waals surface area contributed by atoms with E-state index in [2.05, 4.69) is 34.5 Å². The van der Waals surface area contributed by atoms with Crippen molar-refractivity contribution < 1.29 is 0 Å². The zero-order valence-electron chi connectivity index (χ0n) is 11.7. The van der Waals surface area contributed by atoms with Gasteiger partial charge in [0.05, 0.1) is 0 Å². The topological polar surface area (TPSA) is 15.3 Å². The number of rotatable bonds is 2. The van der Waals surface area contributed by atoms with Gasteiger partial charge in [-0.3, -0.25) is 0 Å². The molecule has 2 fully saturated rings. The zero-order valence-corrected chi connectivity index (χ0v) is 11.7. The van der Waals surface area contributed by atoms with Crippen molar-refractivity contribution in [2.75, 3.05) is 31.1 Å². The number of anilines is 1. The zero-order chi connectivity index (χ0) is 12.7. The summed E-state index contributed by atoms with van der Waals surface area (Å²) in [4.78, 5) is 2.70. The van der Waals surface area contributed by atoms with Gasteiger partial charge in [0.15, 0.2) is 0 Å². The molecule has 0 atom stereocenters. The van der Waals surface area contributed by atoms with E-state index < -0.39 is 0 Å². The van der Waals surface area contributed by atoms with Crippen LogP contribution in [0.1, 0.15) is 37.7 Å². The first-order valence-corrected chi connectivity index (χ1v) is 7.93. The normalized spacial score (nSPS) is 25.4. The number of piperidine rings is 1. The fraction of sp³-hybridized carbons (Fsp3) is 0.647. The van der Waals surface area contributed by atoms with Gasteiger partial charge in [-0.15, -0.1) is 0 Å². The van der Waals surface area contributed by atoms with Crippen molar-refractivity contribution >= 4 is 5.69 Å². The minimum atomic E-state index is 0.531. The van der Waals surface area contributed by atoms with Crippen LogP contribution < -0.4 is 10.2 Å². The van der Waals surface area contributed by atoms with Crippen molar-refractivity contribution in [2.45, 2.75) is 37.5 Å². The van der Waals surface area contributed by atoms with Crippen molar-refractivity contribution in [3.63, 3.8) is 0 Å². The molecule has 1 saturated heterocycles. The molecule has 4 rings (SSSR count). The molecule has 2 aliphatic heterocycles. The average Bonchev–Trinajstić information content (AvgIpc) is 2.75. The van der Waals surface area contributed by atoms with Crippen LogP contribution in [0.15, 0.2) is 24.3 Å². The summed E-state index contributed by atoms with van der Waals surface area (Å²) in [7, 11) is 0. The van der Waals surface area contributed by atoms with E-state index in [1.54, 1.807) is 11.3 Å². The molecule has 19 heavy (non-hydrogen) atoms. The first-order valence-electron chi connectivity index (χ1n) is 7.93. The monoisotopic (exact) mass is 256 g/mol. The van der Waals surface area contributed by atoms with E-state index in [1.165, 1.54) is 58.3 Å². The molecule has 0 aromatic heterocycles. The second kappa shape index (κ2) is 4.52. The highest BCUT2D eigenvalue weighted by Gasteiger charge is 2.46. The van der Waals surface area contributed by atoms with Gasteiger partial charge in [-0.1, -0.05) is 24.6 Å². The number of nitrogens with zero attached hydrogens (tertiary/aromatic N) is 1. The van der Waals surface area contributed by atoms with Crippen molar-refractivity contribution in [2.24, 2.45) is 5.92 Å². The van der Waals surface area contributed by atoms with Crippen molar-refractivity contribution in [1.29, 1.82) is 0 Å². The molecule has 0 unspecified atom stereocenters. The highest BCUT2D eigenvalue weighted by Crippen LogP contribution is 2.52. The lowest BCUT2D eigenvalue weighted by Crippen LogP contribution is -2.42. The van der Waals surface area contributed by atoms with E-state index in [4.69, 9.17) is 0 Å². The van der Waals surface area contributed by atoms with Gasteiger partial charge in [0.25, 0.3) is 0 Å². The maximum atomic E-state index is 3.48. The summed E-state index contributed by atoms with van der Waals surface area (Å²) in [6.07, 6.45) is 6.95. The molecular weight excluding hydrogens is 232 g/mol. The van der Waals surface area contributed by atoms with Gasteiger partial charge in [0.1, 0.15) is 0 Å². The van der Waals surface area contributed by atoms with E-state index in [-0.39, 0.29) is 0 Å². The van der Waals surface area contributed by atoms with Crippen LogP contribution in [0.25, 0.3) is 0 Å². The van der Waals surface area contributed by atoms with Gasteiger partial charge < -0.3 is 10.2 Å². The Morgan fingerprint density at radius 3 is 2.68 bits per heavy atom. The van der Waals surface area contributed by atoms with Gasteiger partial charge in [0.2, 0.25) is 0 Å². The Bertz CT molecular complexity index is 458. The van der Waals surface area contributed by atoms with Crippen molar-refractivity contribution in [1.82, 2.24) is 5.32 Å². The second-order valence-corrected chi connectivity index (χ2v) is 6.72. The van der Waals surface area contributed by atoms with Crippen LogP contribution in [0.2, 0.25) is 0 Å². The summed E-state index contributed by atoms with van der Waals surface area (Å²) in [5.74, 6) is 0.893. The van der Waals surface area contributed by atoms with Gasteiger partial charge in [-0.05, 0) is 56.3 Å². The maximum Gasteiger partial charge on any atom is 0.0405 e. The third kappa shape index (κ3) is 1.88. The molecular formula is C17H24N2. The van der Waals surface area contributed by atoms with E-state index in [0.717, 1.165) is 5.92 Å². The van der Waals surface area contributed by atoms with Crippen molar-refractivity contribution in [3.8, 4) is 0 Å². The predicted octanol–water partition coefficient (Wildman–Crippen LogP) is 2.93. The summed E-state index contributed by atoms with van der Waals surface area (Å²) in [6.45, 7) is 4.99. The Balaban J connectivity index is 1.57. The van der Waals surface area contributed by atoms with Gasteiger partial charge in [0, 0.05) is 24.2 Å². The van der Waals surface area contributed by atoms with Crippen molar-refractivity contribution in [3.05, 3.63) is 29.8 Å². The standard InChI is InChI=1S/C17H24N2/c1-2-5-16-15(4-1)17(8-3-9-17)13-19(16)12-14-6-10-18-11-7-14/h1-2,4-5,14,18H,3,6-13H2.